The fourth-order valence-corrected chi connectivity index (χ4v) is 1.01. The van der Waals surface area contributed by atoms with Gasteiger partial charge >= 0.3 is 0 Å². The van der Waals surface area contributed by atoms with E-state index in [0.29, 0.717) is 12.0 Å². The van der Waals surface area contributed by atoms with Crippen LogP contribution in [0.15, 0.2) is 18.2 Å². The van der Waals surface area contributed by atoms with Gasteiger partial charge in [-0.2, -0.15) is 0 Å². The molecule has 0 bridgehead atoms. The Morgan fingerprint density at radius 2 is 2.31 bits per heavy atom. The van der Waals surface area contributed by atoms with Crippen LogP contribution < -0.4 is 0 Å². The average Bonchev–Trinajstić information content (AvgIpc) is 2.18. The van der Waals surface area contributed by atoms with Crippen molar-refractivity contribution in [1.82, 2.24) is 4.98 Å². The summed E-state index contributed by atoms with van der Waals surface area (Å²) in [4.78, 5) is 25.4. The van der Waals surface area contributed by atoms with Crippen molar-refractivity contribution in [3.8, 4) is 0 Å². The van der Waals surface area contributed by atoms with E-state index < -0.39 is 0 Å². The summed E-state index contributed by atoms with van der Waals surface area (Å²) < 4.78 is 0. The van der Waals surface area contributed by atoms with Gasteiger partial charge in [0.2, 0.25) is 0 Å². The molecule has 0 aliphatic carbocycles. The van der Waals surface area contributed by atoms with E-state index in [0.717, 1.165) is 12.1 Å². The largest absolute Gasteiger partial charge is 0.303 e. The molecule has 1 heterocycles. The summed E-state index contributed by atoms with van der Waals surface area (Å²) in [7, 11) is 0. The van der Waals surface area contributed by atoms with Crippen LogP contribution >= 0.6 is 0 Å². The van der Waals surface area contributed by atoms with Gasteiger partial charge in [0.05, 0.1) is 6.42 Å². The Morgan fingerprint density at radius 1 is 1.54 bits per heavy atom. The second-order valence-electron chi connectivity index (χ2n) is 2.66. The topological polar surface area (TPSA) is 47.0 Å². The van der Waals surface area contributed by atoms with Crippen LogP contribution in [0, 0.1) is 0 Å². The highest BCUT2D eigenvalue weighted by Gasteiger charge is 2.05. The van der Waals surface area contributed by atoms with Gasteiger partial charge < -0.3 is 4.79 Å². The molecular formula is C10H11NO2. The first-order chi connectivity index (χ1) is 6.27. The van der Waals surface area contributed by atoms with Crippen molar-refractivity contribution in [3.05, 3.63) is 29.6 Å². The van der Waals surface area contributed by atoms with E-state index in [2.05, 4.69) is 4.98 Å². The monoisotopic (exact) mass is 177 g/mol. The summed E-state index contributed by atoms with van der Waals surface area (Å²) in [5, 5.41) is 0. The number of carbonyl (C=O) groups is 2. The van der Waals surface area contributed by atoms with Crippen molar-refractivity contribution in [2.24, 2.45) is 0 Å². The lowest BCUT2D eigenvalue weighted by molar-refractivity contribution is -0.107. The number of Topliss-reactive ketones (excluding diaryl/α,β-unsaturated/α-hetero) is 1. The predicted molar refractivity (Wildman–Crippen MR) is 48.6 cm³/mol. The van der Waals surface area contributed by atoms with E-state index in [1.165, 1.54) is 0 Å². The number of nitrogens with zero attached hydrogens (tertiary/aromatic N) is 1. The lowest BCUT2D eigenvalue weighted by Crippen LogP contribution is -2.03. The molecule has 1 aromatic rings. The average molecular weight is 177 g/mol. The van der Waals surface area contributed by atoms with E-state index in [4.69, 9.17) is 0 Å². The van der Waals surface area contributed by atoms with Crippen LogP contribution in [0.4, 0.5) is 0 Å². The summed E-state index contributed by atoms with van der Waals surface area (Å²) in [5.74, 6) is -0.217. The fourth-order valence-electron chi connectivity index (χ4n) is 1.01. The Kier molecular flexibility index (Phi) is 3.31. The van der Waals surface area contributed by atoms with Crippen molar-refractivity contribution in [2.75, 3.05) is 0 Å². The third-order valence-corrected chi connectivity index (χ3v) is 1.72. The maximum absolute atomic E-state index is 11.2. The lowest BCUT2D eigenvalue weighted by atomic mass is 10.2. The number of hydrogen-bond acceptors (Lipinski definition) is 3. The van der Waals surface area contributed by atoms with Crippen LogP contribution in [0.3, 0.4) is 0 Å². The van der Waals surface area contributed by atoms with E-state index in [9.17, 15) is 9.59 Å². The van der Waals surface area contributed by atoms with Gasteiger partial charge in [-0.1, -0.05) is 13.0 Å². The molecule has 0 saturated carbocycles. The molecule has 68 valence electrons. The number of rotatable bonds is 4. The van der Waals surface area contributed by atoms with E-state index >= 15 is 0 Å². The molecule has 0 radical (unpaired) electrons. The third kappa shape index (κ3) is 2.47. The van der Waals surface area contributed by atoms with Crippen molar-refractivity contribution in [2.45, 2.75) is 19.8 Å². The molecule has 13 heavy (non-hydrogen) atoms. The van der Waals surface area contributed by atoms with Gasteiger partial charge in [0.25, 0.3) is 0 Å². The predicted octanol–water partition coefficient (Wildman–Crippen LogP) is 1.42. The zero-order valence-electron chi connectivity index (χ0n) is 7.49. The molecule has 3 heteroatoms. The molecule has 0 atom stereocenters. The van der Waals surface area contributed by atoms with Gasteiger partial charge in [0.1, 0.15) is 12.0 Å². The zero-order chi connectivity index (χ0) is 9.68. The van der Waals surface area contributed by atoms with E-state index in [1.807, 2.05) is 13.0 Å². The number of aryl methyl sites for hydroxylation is 1. The molecule has 3 nitrogen and oxygen atoms in total. The van der Waals surface area contributed by atoms with Crippen LogP contribution in [0.2, 0.25) is 0 Å². The minimum absolute atomic E-state index is 0.0832. The molecular weight excluding hydrogens is 166 g/mol. The fraction of sp³-hybridized carbons (Fsp3) is 0.300. The SMILES string of the molecule is CCc1cccc(C(=O)CC=O)n1. The van der Waals surface area contributed by atoms with Crippen molar-refractivity contribution < 1.29 is 9.59 Å². The van der Waals surface area contributed by atoms with Gasteiger partial charge in [-0.15, -0.1) is 0 Å². The Morgan fingerprint density at radius 3 is 2.92 bits per heavy atom. The molecule has 0 saturated heterocycles. The van der Waals surface area contributed by atoms with Crippen LogP contribution in [0.5, 0.6) is 0 Å². The van der Waals surface area contributed by atoms with E-state index in [1.54, 1.807) is 12.1 Å². The van der Waals surface area contributed by atoms with Gasteiger partial charge in [-0.05, 0) is 18.6 Å². The van der Waals surface area contributed by atoms with Gasteiger partial charge in [0, 0.05) is 5.69 Å². The minimum Gasteiger partial charge on any atom is -0.303 e. The molecule has 0 amide bonds. The molecule has 0 aliphatic rings. The molecule has 0 N–H and O–H groups in total. The number of hydrogen-bond donors (Lipinski definition) is 0. The van der Waals surface area contributed by atoms with Crippen molar-refractivity contribution in [3.63, 3.8) is 0 Å². The third-order valence-electron chi connectivity index (χ3n) is 1.72. The smallest absolute Gasteiger partial charge is 0.188 e. The second kappa shape index (κ2) is 4.50. The molecule has 1 aromatic heterocycles. The van der Waals surface area contributed by atoms with Crippen LogP contribution in [0.25, 0.3) is 0 Å². The number of ketones is 1. The Labute approximate surface area is 76.8 Å². The lowest BCUT2D eigenvalue weighted by Gasteiger charge is -1.98. The molecule has 0 fully saturated rings. The molecule has 1 rings (SSSR count). The summed E-state index contributed by atoms with van der Waals surface area (Å²) in [6, 6.07) is 5.27. The normalized spacial score (nSPS) is 9.62. The Hall–Kier alpha value is -1.51. The number of aromatic nitrogens is 1. The number of carbonyl (C=O) groups excluding carboxylic acids is 2. The summed E-state index contributed by atoms with van der Waals surface area (Å²) in [5.41, 5.74) is 1.25. The second-order valence-corrected chi connectivity index (χ2v) is 2.66. The van der Waals surface area contributed by atoms with Gasteiger partial charge in [-0.25, -0.2) is 4.98 Å². The first-order valence-electron chi connectivity index (χ1n) is 4.20. The molecule has 0 aliphatic heterocycles. The highest BCUT2D eigenvalue weighted by molar-refractivity contribution is 6.01. The maximum atomic E-state index is 11.2. The molecule has 0 unspecified atom stereocenters. The Balaban J connectivity index is 2.87. The van der Waals surface area contributed by atoms with E-state index in [-0.39, 0.29) is 12.2 Å². The van der Waals surface area contributed by atoms with Crippen LogP contribution in [0.1, 0.15) is 29.5 Å². The zero-order valence-corrected chi connectivity index (χ0v) is 7.49. The highest BCUT2D eigenvalue weighted by atomic mass is 16.1. The maximum Gasteiger partial charge on any atom is 0.188 e. The Bertz CT molecular complexity index is 320. The quantitative estimate of drug-likeness (QED) is 0.397. The first kappa shape index (κ1) is 9.58. The van der Waals surface area contributed by atoms with Gasteiger partial charge in [-0.3, -0.25) is 4.79 Å². The number of aldehydes is 1. The molecule has 0 aromatic carbocycles. The minimum atomic E-state index is -0.217. The summed E-state index contributed by atoms with van der Waals surface area (Å²) in [6.45, 7) is 1.97. The van der Waals surface area contributed by atoms with Crippen molar-refractivity contribution >= 4 is 12.1 Å². The summed E-state index contributed by atoms with van der Waals surface area (Å²) >= 11 is 0. The van der Waals surface area contributed by atoms with Crippen LogP contribution in [-0.2, 0) is 11.2 Å². The van der Waals surface area contributed by atoms with Crippen LogP contribution in [-0.4, -0.2) is 17.1 Å². The first-order valence-corrected chi connectivity index (χ1v) is 4.20. The standard InChI is InChI=1S/C10H11NO2/c1-2-8-4-3-5-9(11-8)10(13)6-7-12/h3-5,7H,2,6H2,1H3. The molecule has 0 spiro atoms. The van der Waals surface area contributed by atoms with Gasteiger partial charge in [0.15, 0.2) is 5.78 Å². The highest BCUT2D eigenvalue weighted by Crippen LogP contribution is 2.02. The summed E-state index contributed by atoms with van der Waals surface area (Å²) in [6.07, 6.45) is 1.31. The number of pyridine rings is 1. The van der Waals surface area contributed by atoms with Crippen molar-refractivity contribution in [1.29, 1.82) is 0 Å².